The minimum Gasteiger partial charge on any atom is -0.477 e. The molecule has 1 aromatic rings. The Kier molecular flexibility index (Phi) is 3.21. The lowest BCUT2D eigenvalue weighted by Crippen LogP contribution is -2.12. The average molecular weight is 187 g/mol. The first kappa shape index (κ1) is 9.18. The summed E-state index contributed by atoms with van der Waals surface area (Å²) in [6.45, 7) is 0.418. The number of carboxylic acids is 1. The molecule has 0 unspecified atom stereocenters. The number of carbonyl (C=O) groups is 1. The number of hydroxylamine groups is 1. The van der Waals surface area contributed by atoms with Gasteiger partial charge >= 0.3 is 5.97 Å². The Bertz CT molecular complexity index is 271. The van der Waals surface area contributed by atoms with Gasteiger partial charge < -0.3 is 9.94 Å². The lowest BCUT2D eigenvalue weighted by Gasteiger charge is -1.99. The summed E-state index contributed by atoms with van der Waals surface area (Å²) in [4.78, 5) is 15.6. The summed E-state index contributed by atoms with van der Waals surface area (Å²) < 4.78 is 0. The number of rotatable bonds is 4. The van der Waals surface area contributed by atoms with Crippen LogP contribution in [-0.2, 0) is 11.4 Å². The number of nitrogens with one attached hydrogen (secondary N) is 1. The van der Waals surface area contributed by atoms with Gasteiger partial charge in [0, 0.05) is 6.54 Å². The predicted molar refractivity (Wildman–Crippen MR) is 45.1 cm³/mol. The molecule has 0 saturated carbocycles. The number of hydrogen-bond acceptors (Lipinski definition) is 4. The highest BCUT2D eigenvalue weighted by Gasteiger charge is 2.10. The van der Waals surface area contributed by atoms with Crippen molar-refractivity contribution in [2.24, 2.45) is 0 Å². The zero-order valence-electron chi connectivity index (χ0n) is 6.53. The van der Waals surface area contributed by atoms with Crippen molar-refractivity contribution in [3.8, 4) is 0 Å². The highest BCUT2D eigenvalue weighted by Crippen LogP contribution is 2.16. The third kappa shape index (κ3) is 2.04. The molecule has 0 saturated heterocycles. The van der Waals surface area contributed by atoms with E-state index in [1.807, 2.05) is 0 Å². The summed E-state index contributed by atoms with van der Waals surface area (Å²) in [5.74, 6) is -0.891. The molecule has 0 bridgehead atoms. The molecule has 4 nitrogen and oxygen atoms in total. The third-order valence-electron chi connectivity index (χ3n) is 1.35. The fourth-order valence-corrected chi connectivity index (χ4v) is 1.57. The van der Waals surface area contributed by atoms with Gasteiger partial charge in [-0.15, -0.1) is 11.3 Å². The molecule has 2 N–H and O–H groups in total. The van der Waals surface area contributed by atoms with Crippen molar-refractivity contribution in [2.45, 2.75) is 6.54 Å². The second kappa shape index (κ2) is 4.20. The van der Waals surface area contributed by atoms with Crippen LogP contribution in [-0.4, -0.2) is 18.2 Å². The normalized spacial score (nSPS) is 10.1. The standard InChI is InChI=1S/C7H9NO3S/c1-11-8-4-5-2-3-12-6(5)7(9)10/h2-3,8H,4H2,1H3,(H,9,10). The third-order valence-corrected chi connectivity index (χ3v) is 2.29. The van der Waals surface area contributed by atoms with Crippen LogP contribution in [0.25, 0.3) is 0 Å². The summed E-state index contributed by atoms with van der Waals surface area (Å²) in [7, 11) is 1.49. The number of carboxylic acid groups (broad SMARTS) is 1. The Morgan fingerprint density at radius 3 is 3.17 bits per heavy atom. The highest BCUT2D eigenvalue weighted by atomic mass is 32.1. The van der Waals surface area contributed by atoms with E-state index in [0.29, 0.717) is 11.4 Å². The van der Waals surface area contributed by atoms with Crippen molar-refractivity contribution < 1.29 is 14.7 Å². The Balaban J connectivity index is 2.70. The topological polar surface area (TPSA) is 58.6 Å². The summed E-state index contributed by atoms with van der Waals surface area (Å²) >= 11 is 1.21. The monoisotopic (exact) mass is 187 g/mol. The van der Waals surface area contributed by atoms with Crippen molar-refractivity contribution in [2.75, 3.05) is 7.11 Å². The molecule has 0 aliphatic heterocycles. The molecule has 0 aromatic carbocycles. The van der Waals surface area contributed by atoms with Gasteiger partial charge in [-0.1, -0.05) is 0 Å². The minimum absolute atomic E-state index is 0.361. The van der Waals surface area contributed by atoms with E-state index in [4.69, 9.17) is 5.11 Å². The van der Waals surface area contributed by atoms with Crippen LogP contribution in [0.2, 0.25) is 0 Å². The molecule has 0 radical (unpaired) electrons. The van der Waals surface area contributed by atoms with Crippen LogP contribution in [0.1, 0.15) is 15.2 Å². The molecular formula is C7H9NO3S. The molecule has 1 heterocycles. The van der Waals surface area contributed by atoms with Crippen molar-refractivity contribution in [1.82, 2.24) is 5.48 Å². The van der Waals surface area contributed by atoms with Crippen molar-refractivity contribution in [3.05, 3.63) is 21.9 Å². The van der Waals surface area contributed by atoms with Gasteiger partial charge in [0.1, 0.15) is 4.88 Å². The molecule has 1 rings (SSSR count). The van der Waals surface area contributed by atoms with E-state index in [1.54, 1.807) is 11.4 Å². The van der Waals surface area contributed by atoms with E-state index < -0.39 is 5.97 Å². The van der Waals surface area contributed by atoms with E-state index in [-0.39, 0.29) is 0 Å². The maximum atomic E-state index is 10.6. The van der Waals surface area contributed by atoms with Gasteiger partial charge in [0.05, 0.1) is 7.11 Å². The van der Waals surface area contributed by atoms with E-state index in [1.165, 1.54) is 18.4 Å². The first-order chi connectivity index (χ1) is 5.75. The lowest BCUT2D eigenvalue weighted by molar-refractivity contribution is 0.0694. The number of hydrogen-bond donors (Lipinski definition) is 2. The Morgan fingerprint density at radius 1 is 1.83 bits per heavy atom. The maximum Gasteiger partial charge on any atom is 0.346 e. The molecule has 0 spiro atoms. The minimum atomic E-state index is -0.891. The van der Waals surface area contributed by atoms with E-state index in [9.17, 15) is 4.79 Å². The average Bonchev–Trinajstić information content (AvgIpc) is 2.48. The highest BCUT2D eigenvalue weighted by molar-refractivity contribution is 7.12. The first-order valence-electron chi connectivity index (χ1n) is 3.31. The van der Waals surface area contributed by atoms with Crippen LogP contribution in [0.4, 0.5) is 0 Å². The number of thiophene rings is 1. The second-order valence-electron chi connectivity index (χ2n) is 2.11. The van der Waals surface area contributed by atoms with Crippen LogP contribution in [0.5, 0.6) is 0 Å². The van der Waals surface area contributed by atoms with Crippen LogP contribution >= 0.6 is 11.3 Å². The smallest absolute Gasteiger partial charge is 0.346 e. The van der Waals surface area contributed by atoms with Gasteiger partial charge in [-0.2, -0.15) is 5.48 Å². The molecule has 1 aromatic heterocycles. The van der Waals surface area contributed by atoms with Gasteiger partial charge in [-0.25, -0.2) is 4.79 Å². The molecule has 0 fully saturated rings. The van der Waals surface area contributed by atoms with E-state index >= 15 is 0 Å². The van der Waals surface area contributed by atoms with Crippen LogP contribution in [0.3, 0.4) is 0 Å². The second-order valence-corrected chi connectivity index (χ2v) is 3.02. The van der Waals surface area contributed by atoms with Gasteiger partial charge in [0.15, 0.2) is 0 Å². The Morgan fingerprint density at radius 2 is 2.58 bits per heavy atom. The molecule has 0 amide bonds. The molecule has 66 valence electrons. The molecule has 5 heteroatoms. The maximum absolute atomic E-state index is 10.6. The molecule has 0 aliphatic carbocycles. The zero-order valence-corrected chi connectivity index (χ0v) is 7.35. The first-order valence-corrected chi connectivity index (χ1v) is 4.19. The fourth-order valence-electron chi connectivity index (χ4n) is 0.812. The van der Waals surface area contributed by atoms with Gasteiger partial charge in [0.2, 0.25) is 0 Å². The quantitative estimate of drug-likeness (QED) is 0.693. The molecule has 12 heavy (non-hydrogen) atoms. The van der Waals surface area contributed by atoms with Crippen LogP contribution < -0.4 is 5.48 Å². The van der Waals surface area contributed by atoms with Crippen molar-refractivity contribution >= 4 is 17.3 Å². The van der Waals surface area contributed by atoms with Crippen molar-refractivity contribution in [1.29, 1.82) is 0 Å². The van der Waals surface area contributed by atoms with Crippen LogP contribution in [0, 0.1) is 0 Å². The largest absolute Gasteiger partial charge is 0.477 e. The van der Waals surface area contributed by atoms with Gasteiger partial charge in [-0.3, -0.25) is 0 Å². The SMILES string of the molecule is CONCc1ccsc1C(=O)O. The van der Waals surface area contributed by atoms with E-state index in [2.05, 4.69) is 10.3 Å². The lowest BCUT2D eigenvalue weighted by atomic mass is 10.2. The zero-order chi connectivity index (χ0) is 8.97. The Labute approximate surface area is 73.7 Å². The van der Waals surface area contributed by atoms with E-state index in [0.717, 1.165) is 5.56 Å². The number of aromatic carboxylic acids is 1. The summed E-state index contributed by atoms with van der Waals surface area (Å²) in [6, 6.07) is 1.76. The predicted octanol–water partition coefficient (Wildman–Crippen LogP) is 1.10. The summed E-state index contributed by atoms with van der Waals surface area (Å²) in [5.41, 5.74) is 3.33. The van der Waals surface area contributed by atoms with Crippen molar-refractivity contribution in [3.63, 3.8) is 0 Å². The van der Waals surface area contributed by atoms with Gasteiger partial charge in [-0.05, 0) is 17.0 Å². The molecule has 0 aliphatic rings. The summed E-state index contributed by atoms with van der Waals surface area (Å²) in [6.07, 6.45) is 0. The van der Waals surface area contributed by atoms with Gasteiger partial charge in [0.25, 0.3) is 0 Å². The molecular weight excluding hydrogens is 178 g/mol. The van der Waals surface area contributed by atoms with Crippen LogP contribution in [0.15, 0.2) is 11.4 Å². The molecule has 0 atom stereocenters. The summed E-state index contributed by atoms with van der Waals surface area (Å²) in [5, 5.41) is 10.4. The Hall–Kier alpha value is -0.910. The fraction of sp³-hybridized carbons (Fsp3) is 0.286.